The Morgan fingerprint density at radius 2 is 2.05 bits per heavy atom. The molecule has 0 aliphatic carbocycles. The van der Waals surface area contributed by atoms with Crippen LogP contribution in [0.25, 0.3) is 0 Å². The lowest BCUT2D eigenvalue weighted by Crippen LogP contribution is -2.37. The fraction of sp³-hybridized carbons (Fsp3) is 0.625. The van der Waals surface area contributed by atoms with Gasteiger partial charge in [-0.15, -0.1) is 0 Å². The second-order valence-corrected chi connectivity index (χ2v) is 7.06. The summed E-state index contributed by atoms with van der Waals surface area (Å²) in [6, 6.07) is 8.39. The summed E-state index contributed by atoms with van der Waals surface area (Å²) >= 11 is 3.67. The Hall–Kier alpha value is -0.540. The molecule has 0 N–H and O–H groups in total. The van der Waals surface area contributed by atoms with Crippen LogP contribution in [0.4, 0.5) is 0 Å². The van der Waals surface area contributed by atoms with Gasteiger partial charge in [0.2, 0.25) is 0 Å². The Balaban J connectivity index is 2.06. The summed E-state index contributed by atoms with van der Waals surface area (Å²) in [5, 5.41) is 1.05. The molecule has 3 heteroatoms. The molecule has 1 unspecified atom stereocenters. The van der Waals surface area contributed by atoms with Crippen molar-refractivity contribution in [1.29, 1.82) is 0 Å². The minimum atomic E-state index is 0.330. The first-order valence-electron chi connectivity index (χ1n) is 6.99. The topological polar surface area (TPSA) is 12.5 Å². The monoisotopic (exact) mass is 325 g/mol. The lowest BCUT2D eigenvalue weighted by Gasteiger charge is -2.33. The number of hydrogen-bond acceptors (Lipinski definition) is 2. The summed E-state index contributed by atoms with van der Waals surface area (Å²) < 4.78 is 5.83. The minimum Gasteiger partial charge on any atom is -0.492 e. The predicted molar refractivity (Wildman–Crippen MR) is 84.0 cm³/mol. The van der Waals surface area contributed by atoms with Crippen LogP contribution < -0.4 is 4.74 Å². The smallest absolute Gasteiger partial charge is 0.123 e. The van der Waals surface area contributed by atoms with Gasteiger partial charge in [-0.1, -0.05) is 54.9 Å². The SMILES string of the molecule is CC(C)(C)C(CBr)CN1CCOc2ccccc2C1. The summed E-state index contributed by atoms with van der Waals surface area (Å²) in [6.07, 6.45) is 0. The first-order valence-corrected chi connectivity index (χ1v) is 8.12. The number of rotatable bonds is 3. The van der Waals surface area contributed by atoms with Gasteiger partial charge >= 0.3 is 0 Å². The summed E-state index contributed by atoms with van der Waals surface area (Å²) in [6.45, 7) is 10.9. The molecule has 1 aliphatic heterocycles. The van der Waals surface area contributed by atoms with Crippen molar-refractivity contribution in [2.75, 3.05) is 25.0 Å². The third kappa shape index (κ3) is 3.96. The van der Waals surface area contributed by atoms with Crippen molar-refractivity contribution in [3.63, 3.8) is 0 Å². The molecule has 1 aromatic rings. The van der Waals surface area contributed by atoms with Gasteiger partial charge in [0.1, 0.15) is 12.4 Å². The zero-order valence-corrected chi connectivity index (χ0v) is 13.7. The van der Waals surface area contributed by atoms with Gasteiger partial charge in [0, 0.05) is 30.5 Å². The summed E-state index contributed by atoms with van der Waals surface area (Å²) in [4.78, 5) is 2.52. The summed E-state index contributed by atoms with van der Waals surface area (Å²) in [5.74, 6) is 1.70. The van der Waals surface area contributed by atoms with Crippen LogP contribution in [0.15, 0.2) is 24.3 Å². The molecule has 0 radical (unpaired) electrons. The molecular weight excluding hydrogens is 302 g/mol. The van der Waals surface area contributed by atoms with Gasteiger partial charge < -0.3 is 4.74 Å². The highest BCUT2D eigenvalue weighted by Crippen LogP contribution is 2.30. The Bertz CT molecular complexity index is 413. The Morgan fingerprint density at radius 3 is 2.74 bits per heavy atom. The molecule has 2 rings (SSSR count). The Morgan fingerprint density at radius 1 is 1.32 bits per heavy atom. The average molecular weight is 326 g/mol. The van der Waals surface area contributed by atoms with E-state index in [4.69, 9.17) is 4.74 Å². The Kier molecular flexibility index (Phi) is 4.91. The van der Waals surface area contributed by atoms with Gasteiger partial charge in [-0.2, -0.15) is 0 Å². The molecule has 1 aromatic carbocycles. The predicted octanol–water partition coefficient (Wildman–Crippen LogP) is 3.94. The highest BCUT2D eigenvalue weighted by Gasteiger charge is 2.26. The highest BCUT2D eigenvalue weighted by molar-refractivity contribution is 9.09. The maximum absolute atomic E-state index is 5.83. The van der Waals surface area contributed by atoms with Crippen molar-refractivity contribution in [2.24, 2.45) is 11.3 Å². The van der Waals surface area contributed by atoms with Crippen LogP contribution in [0.3, 0.4) is 0 Å². The van der Waals surface area contributed by atoms with Crippen molar-refractivity contribution in [2.45, 2.75) is 27.3 Å². The van der Waals surface area contributed by atoms with Gasteiger partial charge in [-0.25, -0.2) is 0 Å². The highest BCUT2D eigenvalue weighted by atomic mass is 79.9. The molecule has 0 saturated carbocycles. The van der Waals surface area contributed by atoms with Crippen molar-refractivity contribution in [1.82, 2.24) is 4.90 Å². The number of hydrogen-bond donors (Lipinski definition) is 0. The second kappa shape index (κ2) is 6.27. The van der Waals surface area contributed by atoms with E-state index < -0.39 is 0 Å². The molecule has 106 valence electrons. The molecule has 1 atom stereocenters. The van der Waals surface area contributed by atoms with Crippen molar-refractivity contribution < 1.29 is 4.74 Å². The zero-order valence-electron chi connectivity index (χ0n) is 12.2. The fourth-order valence-electron chi connectivity index (χ4n) is 2.40. The standard InChI is InChI=1S/C16H24BrNO/c1-16(2,3)14(10-17)12-18-8-9-19-15-7-5-4-6-13(15)11-18/h4-7,14H,8-12H2,1-3H3. The first kappa shape index (κ1) is 14.9. The number of nitrogens with zero attached hydrogens (tertiary/aromatic N) is 1. The van der Waals surface area contributed by atoms with E-state index in [1.165, 1.54) is 5.56 Å². The molecule has 0 amide bonds. The van der Waals surface area contributed by atoms with Crippen LogP contribution in [0.2, 0.25) is 0 Å². The van der Waals surface area contributed by atoms with E-state index in [2.05, 4.69) is 59.8 Å². The summed E-state index contributed by atoms with van der Waals surface area (Å²) in [5.41, 5.74) is 1.64. The lowest BCUT2D eigenvalue weighted by atomic mass is 9.81. The Labute approximate surface area is 125 Å². The van der Waals surface area contributed by atoms with Crippen LogP contribution in [0.1, 0.15) is 26.3 Å². The third-order valence-electron chi connectivity index (χ3n) is 3.92. The number of alkyl halides is 1. The maximum atomic E-state index is 5.83. The van der Waals surface area contributed by atoms with E-state index in [0.717, 1.165) is 37.3 Å². The molecule has 2 nitrogen and oxygen atoms in total. The van der Waals surface area contributed by atoms with E-state index in [0.29, 0.717) is 11.3 Å². The molecular formula is C16H24BrNO. The zero-order chi connectivity index (χ0) is 13.9. The molecule has 1 aliphatic rings. The van der Waals surface area contributed by atoms with Gasteiger partial charge in [-0.05, 0) is 17.4 Å². The quantitative estimate of drug-likeness (QED) is 0.780. The van der Waals surface area contributed by atoms with E-state index in [-0.39, 0.29) is 0 Å². The van der Waals surface area contributed by atoms with Crippen LogP contribution in [0, 0.1) is 11.3 Å². The number of benzene rings is 1. The lowest BCUT2D eigenvalue weighted by molar-refractivity contribution is 0.150. The van der Waals surface area contributed by atoms with Crippen LogP contribution in [-0.4, -0.2) is 29.9 Å². The van der Waals surface area contributed by atoms with Gasteiger partial charge in [0.05, 0.1) is 0 Å². The molecule has 0 fully saturated rings. The normalized spacial score (nSPS) is 18.3. The van der Waals surface area contributed by atoms with Crippen LogP contribution in [-0.2, 0) is 6.54 Å². The van der Waals surface area contributed by atoms with Gasteiger partial charge in [-0.3, -0.25) is 4.90 Å². The molecule has 0 spiro atoms. The molecule has 0 aromatic heterocycles. The second-order valence-electron chi connectivity index (χ2n) is 6.41. The van der Waals surface area contributed by atoms with Crippen molar-refractivity contribution >= 4 is 15.9 Å². The molecule has 19 heavy (non-hydrogen) atoms. The minimum absolute atomic E-state index is 0.330. The average Bonchev–Trinajstić information content (AvgIpc) is 2.56. The van der Waals surface area contributed by atoms with E-state index in [9.17, 15) is 0 Å². The molecule has 0 bridgehead atoms. The van der Waals surface area contributed by atoms with E-state index in [1.807, 2.05) is 6.07 Å². The van der Waals surface area contributed by atoms with E-state index >= 15 is 0 Å². The number of para-hydroxylation sites is 1. The van der Waals surface area contributed by atoms with Crippen molar-refractivity contribution in [3.8, 4) is 5.75 Å². The molecule has 1 heterocycles. The first-order chi connectivity index (χ1) is 9.00. The van der Waals surface area contributed by atoms with Crippen LogP contribution in [0.5, 0.6) is 5.75 Å². The maximum Gasteiger partial charge on any atom is 0.123 e. The molecule has 0 saturated heterocycles. The third-order valence-corrected chi connectivity index (χ3v) is 4.70. The summed E-state index contributed by atoms with van der Waals surface area (Å²) in [7, 11) is 0. The van der Waals surface area contributed by atoms with Crippen molar-refractivity contribution in [3.05, 3.63) is 29.8 Å². The number of fused-ring (bicyclic) bond motifs is 1. The number of halogens is 1. The van der Waals surface area contributed by atoms with Gasteiger partial charge in [0.15, 0.2) is 0 Å². The van der Waals surface area contributed by atoms with E-state index in [1.54, 1.807) is 0 Å². The largest absolute Gasteiger partial charge is 0.492 e. The number of ether oxygens (including phenoxy) is 1. The van der Waals surface area contributed by atoms with Crippen LogP contribution >= 0.6 is 15.9 Å². The fourth-order valence-corrected chi connectivity index (χ4v) is 3.58. The van der Waals surface area contributed by atoms with Gasteiger partial charge in [0.25, 0.3) is 0 Å².